The van der Waals surface area contributed by atoms with Crippen LogP contribution in [0.4, 0.5) is 10.1 Å². The number of anilines is 1. The highest BCUT2D eigenvalue weighted by Crippen LogP contribution is 2.31. The highest BCUT2D eigenvalue weighted by molar-refractivity contribution is 6.31. The summed E-state index contributed by atoms with van der Waals surface area (Å²) < 4.78 is 24.5. The largest absolute Gasteiger partial charge is 0.461 e. The summed E-state index contributed by atoms with van der Waals surface area (Å²) in [6.07, 6.45) is 0.282. The lowest BCUT2D eigenvalue weighted by Crippen LogP contribution is -2.16. The van der Waals surface area contributed by atoms with E-state index < -0.39 is 11.4 Å². The second-order valence-corrected chi connectivity index (χ2v) is 7.71. The van der Waals surface area contributed by atoms with E-state index in [1.165, 1.54) is 18.2 Å². The maximum atomic E-state index is 13.3. The van der Waals surface area contributed by atoms with E-state index in [1.54, 1.807) is 6.07 Å². The fourth-order valence-electron chi connectivity index (χ4n) is 3.55. The quantitative estimate of drug-likeness (QED) is 0.416. The Hall–Kier alpha value is -3.12. The van der Waals surface area contributed by atoms with Crippen molar-refractivity contribution in [2.45, 2.75) is 33.6 Å². The van der Waals surface area contributed by atoms with Crippen molar-refractivity contribution in [2.75, 3.05) is 5.32 Å². The van der Waals surface area contributed by atoms with E-state index in [2.05, 4.69) is 5.32 Å². The number of fused-ring (bicyclic) bond motifs is 2. The van der Waals surface area contributed by atoms with E-state index in [4.69, 9.17) is 20.4 Å². The smallest absolute Gasteiger partial charge is 0.339 e. The van der Waals surface area contributed by atoms with Crippen LogP contribution in [0.3, 0.4) is 0 Å². The van der Waals surface area contributed by atoms with Crippen molar-refractivity contribution in [3.05, 3.63) is 74.0 Å². The van der Waals surface area contributed by atoms with Gasteiger partial charge < -0.3 is 14.2 Å². The van der Waals surface area contributed by atoms with Gasteiger partial charge in [0, 0.05) is 34.5 Å². The fourth-order valence-corrected chi connectivity index (χ4v) is 3.73. The number of rotatable bonds is 4. The molecule has 0 aliphatic carbocycles. The first kappa shape index (κ1) is 20.2. The van der Waals surface area contributed by atoms with Crippen LogP contribution in [0, 0.1) is 26.6 Å². The van der Waals surface area contributed by atoms with Gasteiger partial charge in [-0.1, -0.05) is 11.6 Å². The van der Waals surface area contributed by atoms with Gasteiger partial charge in [-0.3, -0.25) is 4.79 Å². The Kier molecular flexibility index (Phi) is 5.12. The van der Waals surface area contributed by atoms with Gasteiger partial charge in [0.15, 0.2) is 0 Å². The zero-order chi connectivity index (χ0) is 21.6. The summed E-state index contributed by atoms with van der Waals surface area (Å²) in [6.45, 7) is 5.72. The molecule has 0 bridgehead atoms. The number of benzene rings is 2. The molecule has 30 heavy (non-hydrogen) atoms. The summed E-state index contributed by atoms with van der Waals surface area (Å²) >= 11 is 5.73. The van der Waals surface area contributed by atoms with Crippen molar-refractivity contribution >= 4 is 45.1 Å². The van der Waals surface area contributed by atoms with Gasteiger partial charge in [0.05, 0.1) is 5.02 Å². The van der Waals surface area contributed by atoms with E-state index >= 15 is 0 Å². The normalized spacial score (nSPS) is 11.4. The molecule has 154 valence electrons. The van der Waals surface area contributed by atoms with Crippen LogP contribution in [-0.2, 0) is 11.2 Å². The number of amides is 1. The maximum Gasteiger partial charge on any atom is 0.339 e. The third-order valence-corrected chi connectivity index (χ3v) is 5.68. The molecule has 0 saturated carbocycles. The number of halogens is 2. The van der Waals surface area contributed by atoms with Crippen molar-refractivity contribution in [2.24, 2.45) is 0 Å². The lowest BCUT2D eigenvalue weighted by Gasteiger charge is -2.09. The van der Waals surface area contributed by atoms with Gasteiger partial charge in [0.25, 0.3) is 0 Å². The summed E-state index contributed by atoms with van der Waals surface area (Å²) in [5.41, 5.74) is 3.30. The molecule has 1 N–H and O–H groups in total. The highest BCUT2D eigenvalue weighted by Gasteiger charge is 2.16. The predicted molar refractivity (Wildman–Crippen MR) is 115 cm³/mol. The number of hydrogen-bond donors (Lipinski definition) is 1. The second kappa shape index (κ2) is 7.61. The topological polar surface area (TPSA) is 72.5 Å². The minimum absolute atomic E-state index is 0.0677. The van der Waals surface area contributed by atoms with Crippen LogP contribution in [0.1, 0.15) is 28.9 Å². The molecule has 2 aromatic carbocycles. The molecule has 7 heteroatoms. The van der Waals surface area contributed by atoms with Gasteiger partial charge in [-0.2, -0.15) is 0 Å². The summed E-state index contributed by atoms with van der Waals surface area (Å²) in [4.78, 5) is 24.8. The average molecular weight is 428 g/mol. The molecule has 1 amide bonds. The molecule has 2 heterocycles. The zero-order valence-electron chi connectivity index (χ0n) is 16.7. The Morgan fingerprint density at radius 2 is 1.73 bits per heavy atom. The first-order valence-corrected chi connectivity index (χ1v) is 9.83. The van der Waals surface area contributed by atoms with Crippen molar-refractivity contribution in [1.82, 2.24) is 0 Å². The third kappa shape index (κ3) is 3.59. The molecule has 0 fully saturated rings. The Morgan fingerprint density at radius 3 is 2.47 bits per heavy atom. The van der Waals surface area contributed by atoms with Gasteiger partial charge in [-0.25, -0.2) is 9.18 Å². The number of furan rings is 1. The third-order valence-electron chi connectivity index (χ3n) is 5.39. The van der Waals surface area contributed by atoms with Crippen molar-refractivity contribution in [1.29, 1.82) is 0 Å². The van der Waals surface area contributed by atoms with E-state index in [9.17, 15) is 14.0 Å². The van der Waals surface area contributed by atoms with E-state index in [1.807, 2.05) is 26.8 Å². The zero-order valence-corrected chi connectivity index (χ0v) is 17.4. The summed E-state index contributed by atoms with van der Waals surface area (Å²) in [5, 5.41) is 4.36. The van der Waals surface area contributed by atoms with Gasteiger partial charge in [-0.15, -0.1) is 0 Å². The van der Waals surface area contributed by atoms with E-state index in [-0.39, 0.29) is 23.8 Å². The van der Waals surface area contributed by atoms with Crippen molar-refractivity contribution in [3.8, 4) is 0 Å². The van der Waals surface area contributed by atoms with Gasteiger partial charge in [0.1, 0.15) is 22.7 Å². The molecular weight excluding hydrogens is 409 g/mol. The Bertz CT molecular complexity index is 1370. The van der Waals surface area contributed by atoms with E-state index in [0.29, 0.717) is 22.4 Å². The van der Waals surface area contributed by atoms with Crippen molar-refractivity contribution in [3.63, 3.8) is 0 Å². The predicted octanol–water partition coefficient (Wildman–Crippen LogP) is 5.83. The number of nitrogens with one attached hydrogen (secondary N) is 1. The maximum absolute atomic E-state index is 13.3. The van der Waals surface area contributed by atoms with Crippen LogP contribution < -0.4 is 10.9 Å². The molecule has 0 unspecified atom stereocenters. The molecular formula is C23H19ClFNO4. The van der Waals surface area contributed by atoms with Gasteiger partial charge in [0.2, 0.25) is 5.91 Å². The minimum Gasteiger partial charge on any atom is -0.461 e. The van der Waals surface area contributed by atoms with Crippen molar-refractivity contribution < 1.29 is 18.0 Å². The summed E-state index contributed by atoms with van der Waals surface area (Å²) in [7, 11) is 0. The monoisotopic (exact) mass is 427 g/mol. The summed E-state index contributed by atoms with van der Waals surface area (Å²) in [5.74, 6) is -0.0531. The average Bonchev–Trinajstić information content (AvgIpc) is 2.96. The lowest BCUT2D eigenvalue weighted by atomic mass is 10.0. The first-order valence-electron chi connectivity index (χ1n) is 9.45. The molecule has 0 aliphatic heterocycles. The summed E-state index contributed by atoms with van der Waals surface area (Å²) in [6, 6.07) is 7.63. The van der Waals surface area contributed by atoms with Crippen LogP contribution in [0.15, 0.2) is 44.0 Å². The Balaban J connectivity index is 1.61. The molecule has 0 spiro atoms. The molecule has 4 rings (SSSR count). The fraction of sp³-hybridized carbons (Fsp3) is 0.217. The van der Waals surface area contributed by atoms with Gasteiger partial charge in [-0.05, 0) is 62.6 Å². The highest BCUT2D eigenvalue weighted by atomic mass is 35.5. The van der Waals surface area contributed by atoms with Crippen LogP contribution in [-0.4, -0.2) is 5.91 Å². The molecule has 4 aromatic rings. The second-order valence-electron chi connectivity index (χ2n) is 7.30. The van der Waals surface area contributed by atoms with Crippen LogP contribution in [0.25, 0.3) is 21.9 Å². The van der Waals surface area contributed by atoms with Crippen LogP contribution in [0.5, 0.6) is 0 Å². The molecule has 0 atom stereocenters. The minimum atomic E-state index is -0.559. The molecule has 2 aromatic heterocycles. The lowest BCUT2D eigenvalue weighted by molar-refractivity contribution is -0.116. The van der Waals surface area contributed by atoms with Gasteiger partial charge >= 0.3 is 5.63 Å². The first-order chi connectivity index (χ1) is 14.2. The molecule has 5 nitrogen and oxygen atoms in total. The SMILES string of the molecule is Cc1oc2cc3oc(=O)c(CCC(=O)Nc4ccc(F)c(Cl)c4)c(C)c3cc2c1C. The molecule has 0 radical (unpaired) electrons. The van der Waals surface area contributed by atoms with Crippen LogP contribution >= 0.6 is 11.6 Å². The number of carbonyl (C=O) groups excluding carboxylic acids is 1. The number of aryl methyl sites for hydroxylation is 3. The Labute approximate surface area is 176 Å². The number of carbonyl (C=O) groups is 1. The number of hydrogen-bond acceptors (Lipinski definition) is 4. The molecule has 0 saturated heterocycles. The standard InChI is InChI=1S/C23H19ClFNO4/c1-11-13(3)29-20-10-21-17(9-16(11)20)12(2)15(23(28)30-21)5-7-22(27)26-14-4-6-19(25)18(24)8-14/h4,6,8-10H,5,7H2,1-3H3,(H,26,27). The molecule has 0 aliphatic rings. The van der Waals surface area contributed by atoms with Crippen LogP contribution in [0.2, 0.25) is 5.02 Å². The Morgan fingerprint density at radius 1 is 1.03 bits per heavy atom. The van der Waals surface area contributed by atoms with E-state index in [0.717, 1.165) is 27.7 Å².